The third-order valence-electron chi connectivity index (χ3n) is 4.79. The zero-order valence-corrected chi connectivity index (χ0v) is 17.0. The second-order valence-electron chi connectivity index (χ2n) is 8.60. The first kappa shape index (κ1) is 20.5. The summed E-state index contributed by atoms with van der Waals surface area (Å²) in [6.45, 7) is 5.87. The fourth-order valence-corrected chi connectivity index (χ4v) is 3.93. The van der Waals surface area contributed by atoms with Gasteiger partial charge in [-0.3, -0.25) is 14.4 Å². The van der Waals surface area contributed by atoms with Crippen LogP contribution in [-0.4, -0.2) is 43.1 Å². The van der Waals surface area contributed by atoms with E-state index in [-0.39, 0.29) is 34.4 Å². The minimum absolute atomic E-state index is 0.00121. The lowest BCUT2D eigenvalue weighted by Crippen LogP contribution is -2.47. The highest BCUT2D eigenvalue weighted by molar-refractivity contribution is 7.89. The molecule has 0 spiro atoms. The van der Waals surface area contributed by atoms with E-state index in [4.69, 9.17) is 5.14 Å². The van der Waals surface area contributed by atoms with Crippen LogP contribution in [0.1, 0.15) is 46.5 Å². The van der Waals surface area contributed by atoms with E-state index in [1.807, 2.05) is 20.8 Å². The fourth-order valence-electron chi connectivity index (χ4n) is 3.42. The van der Waals surface area contributed by atoms with Crippen molar-refractivity contribution in [2.24, 2.45) is 10.6 Å². The third-order valence-corrected chi connectivity index (χ3v) is 5.72. The number of carbonyl (C=O) groups excluding carboxylic acids is 3. The Kier molecular flexibility index (Phi) is 5.09. The quantitative estimate of drug-likeness (QED) is 0.740. The maximum absolute atomic E-state index is 13.0. The van der Waals surface area contributed by atoms with E-state index < -0.39 is 27.9 Å². The normalized spacial score (nSPS) is 20.6. The van der Waals surface area contributed by atoms with Crippen LogP contribution in [0, 0.1) is 5.41 Å². The summed E-state index contributed by atoms with van der Waals surface area (Å²) < 4.78 is 22.8. The van der Waals surface area contributed by atoms with Crippen molar-refractivity contribution in [1.82, 2.24) is 4.90 Å². The molecule has 3 rings (SSSR count). The van der Waals surface area contributed by atoms with E-state index in [9.17, 15) is 22.8 Å². The Morgan fingerprint density at radius 2 is 1.75 bits per heavy atom. The number of primary sulfonamides is 1. The molecule has 0 aromatic heterocycles. The highest BCUT2D eigenvalue weighted by Gasteiger charge is 2.48. The number of benzene rings is 1. The van der Waals surface area contributed by atoms with Gasteiger partial charge in [-0.2, -0.15) is 0 Å². The second-order valence-corrected chi connectivity index (χ2v) is 10.2. The minimum Gasteiger partial charge on any atom is -0.327 e. The molecular formula is C19H25N3O5S. The van der Waals surface area contributed by atoms with Gasteiger partial charge < -0.3 is 4.90 Å². The van der Waals surface area contributed by atoms with Gasteiger partial charge in [-0.25, -0.2) is 18.5 Å². The zero-order chi connectivity index (χ0) is 20.9. The van der Waals surface area contributed by atoms with Gasteiger partial charge >= 0.3 is 0 Å². The molecule has 1 aliphatic heterocycles. The first-order chi connectivity index (χ1) is 12.9. The van der Waals surface area contributed by atoms with Crippen LogP contribution in [0.2, 0.25) is 0 Å². The van der Waals surface area contributed by atoms with Crippen LogP contribution in [0.4, 0.5) is 5.69 Å². The van der Waals surface area contributed by atoms with Crippen LogP contribution in [0.15, 0.2) is 29.2 Å². The van der Waals surface area contributed by atoms with E-state index >= 15 is 0 Å². The van der Waals surface area contributed by atoms with Gasteiger partial charge in [0.25, 0.3) is 5.91 Å². The van der Waals surface area contributed by atoms with Crippen molar-refractivity contribution in [2.75, 3.05) is 4.90 Å². The Morgan fingerprint density at radius 1 is 1.18 bits per heavy atom. The number of anilines is 1. The van der Waals surface area contributed by atoms with Gasteiger partial charge in [-0.1, -0.05) is 20.8 Å². The number of imide groups is 1. The maximum atomic E-state index is 13.0. The predicted molar refractivity (Wildman–Crippen MR) is 103 cm³/mol. The molecule has 8 nitrogen and oxygen atoms in total. The molecule has 1 saturated carbocycles. The van der Waals surface area contributed by atoms with Crippen molar-refractivity contribution >= 4 is 33.4 Å². The topological polar surface area (TPSA) is 118 Å². The van der Waals surface area contributed by atoms with E-state index in [1.54, 1.807) is 4.90 Å². The molecule has 1 aliphatic carbocycles. The second kappa shape index (κ2) is 6.97. The Balaban J connectivity index is 1.85. The zero-order valence-electron chi connectivity index (χ0n) is 16.2. The first-order valence-electron chi connectivity index (χ1n) is 9.19. The van der Waals surface area contributed by atoms with Crippen molar-refractivity contribution in [3.63, 3.8) is 0 Å². The Bertz CT molecular complexity index is 914. The Labute approximate surface area is 164 Å². The summed E-state index contributed by atoms with van der Waals surface area (Å²) >= 11 is 0. The molecule has 1 aromatic rings. The minimum atomic E-state index is -3.87. The Hall–Kier alpha value is -2.26. The number of carbonyl (C=O) groups is 3. The largest absolute Gasteiger partial charge is 0.327 e. The molecule has 28 heavy (non-hydrogen) atoms. The van der Waals surface area contributed by atoms with Crippen LogP contribution in [-0.2, 0) is 24.4 Å². The molecule has 2 fully saturated rings. The molecule has 1 heterocycles. The lowest BCUT2D eigenvalue weighted by Gasteiger charge is -2.30. The molecular weight excluding hydrogens is 382 g/mol. The van der Waals surface area contributed by atoms with Crippen molar-refractivity contribution in [2.45, 2.75) is 63.4 Å². The van der Waals surface area contributed by atoms with Gasteiger partial charge in [0, 0.05) is 12.5 Å². The van der Waals surface area contributed by atoms with E-state index in [0.29, 0.717) is 6.42 Å². The summed E-state index contributed by atoms with van der Waals surface area (Å²) in [5, 5.41) is 5.08. The van der Waals surface area contributed by atoms with Crippen LogP contribution in [0.25, 0.3) is 0 Å². The van der Waals surface area contributed by atoms with Gasteiger partial charge in [-0.15, -0.1) is 0 Å². The smallest absolute Gasteiger partial charge is 0.257 e. The number of hydrogen-bond donors (Lipinski definition) is 1. The molecule has 2 aliphatic rings. The molecule has 9 heteroatoms. The van der Waals surface area contributed by atoms with E-state index in [1.165, 1.54) is 24.3 Å². The molecule has 1 unspecified atom stereocenters. The molecule has 3 amide bonds. The summed E-state index contributed by atoms with van der Waals surface area (Å²) in [5.74, 6) is -0.984. The molecule has 152 valence electrons. The first-order valence-corrected chi connectivity index (χ1v) is 10.7. The number of amides is 3. The SMILES string of the molecule is CC(C)(C)CC(=O)N(C1CC1)C1CC(=O)N(c2ccc(S(N)(=O)=O)cc2)C1=O. The monoisotopic (exact) mass is 407 g/mol. The van der Waals surface area contributed by atoms with Crippen LogP contribution >= 0.6 is 0 Å². The Morgan fingerprint density at radius 3 is 2.21 bits per heavy atom. The summed E-state index contributed by atoms with van der Waals surface area (Å²) in [6, 6.07) is 4.44. The average molecular weight is 407 g/mol. The third kappa shape index (κ3) is 4.25. The average Bonchev–Trinajstić information content (AvgIpc) is 3.32. The van der Waals surface area contributed by atoms with Gasteiger partial charge in [0.05, 0.1) is 17.0 Å². The van der Waals surface area contributed by atoms with Crippen LogP contribution in [0.3, 0.4) is 0 Å². The highest BCUT2D eigenvalue weighted by Crippen LogP contribution is 2.36. The molecule has 0 radical (unpaired) electrons. The molecule has 0 bridgehead atoms. The number of rotatable bonds is 5. The van der Waals surface area contributed by atoms with Crippen LogP contribution < -0.4 is 10.0 Å². The van der Waals surface area contributed by atoms with Crippen molar-refractivity contribution in [1.29, 1.82) is 0 Å². The number of nitrogens with zero attached hydrogens (tertiary/aromatic N) is 2. The number of hydrogen-bond acceptors (Lipinski definition) is 5. The van der Waals surface area contributed by atoms with Gasteiger partial charge in [-0.05, 0) is 42.5 Å². The van der Waals surface area contributed by atoms with Crippen molar-refractivity contribution in [3.8, 4) is 0 Å². The lowest BCUT2D eigenvalue weighted by molar-refractivity contribution is -0.140. The highest BCUT2D eigenvalue weighted by atomic mass is 32.2. The fraction of sp³-hybridized carbons (Fsp3) is 0.526. The predicted octanol–water partition coefficient (Wildman–Crippen LogP) is 1.39. The van der Waals surface area contributed by atoms with Gasteiger partial charge in [0.2, 0.25) is 21.8 Å². The summed E-state index contributed by atoms with van der Waals surface area (Å²) in [6.07, 6.45) is 1.89. The maximum Gasteiger partial charge on any atom is 0.257 e. The van der Waals surface area contributed by atoms with Crippen LogP contribution in [0.5, 0.6) is 0 Å². The van der Waals surface area contributed by atoms with E-state index in [0.717, 1.165) is 17.7 Å². The number of sulfonamides is 1. The van der Waals surface area contributed by atoms with E-state index in [2.05, 4.69) is 0 Å². The van der Waals surface area contributed by atoms with Crippen molar-refractivity contribution in [3.05, 3.63) is 24.3 Å². The summed E-state index contributed by atoms with van der Waals surface area (Å²) in [5.41, 5.74) is 0.0444. The number of nitrogens with two attached hydrogens (primary N) is 1. The molecule has 2 N–H and O–H groups in total. The van der Waals surface area contributed by atoms with Crippen molar-refractivity contribution < 1.29 is 22.8 Å². The van der Waals surface area contributed by atoms with Gasteiger partial charge in [0.1, 0.15) is 6.04 Å². The van der Waals surface area contributed by atoms with Gasteiger partial charge in [0.15, 0.2) is 0 Å². The molecule has 1 atom stereocenters. The lowest BCUT2D eigenvalue weighted by atomic mass is 9.91. The molecule has 1 aromatic carbocycles. The summed E-state index contributed by atoms with van der Waals surface area (Å²) in [4.78, 5) is 40.9. The standard InChI is InChI=1S/C19H25N3O5S/c1-19(2,3)11-17(24)21(12-4-5-12)15-10-16(23)22(18(15)25)13-6-8-14(9-7-13)28(20,26)27/h6-9,12,15H,4-5,10-11H2,1-3H3,(H2,20,26,27). The molecule has 1 saturated heterocycles. The summed E-state index contributed by atoms with van der Waals surface area (Å²) in [7, 11) is -3.87.